The lowest BCUT2D eigenvalue weighted by Gasteiger charge is -2.10. The van der Waals surface area contributed by atoms with Crippen LogP contribution in [0.5, 0.6) is 5.75 Å². The van der Waals surface area contributed by atoms with Crippen molar-refractivity contribution in [2.75, 3.05) is 12.8 Å². The molecule has 0 saturated heterocycles. The number of hydrogen-bond donors (Lipinski definition) is 1. The fourth-order valence-corrected chi connectivity index (χ4v) is 1.85. The van der Waals surface area contributed by atoms with Gasteiger partial charge in [-0.15, -0.1) is 0 Å². The van der Waals surface area contributed by atoms with Gasteiger partial charge in [0.2, 0.25) is 0 Å². The molecule has 0 atom stereocenters. The lowest BCUT2D eigenvalue weighted by Crippen LogP contribution is -2.05. The third-order valence-electron chi connectivity index (χ3n) is 2.71. The Morgan fingerprint density at radius 2 is 2.06 bits per heavy atom. The van der Waals surface area contributed by atoms with Crippen molar-refractivity contribution in [1.29, 1.82) is 0 Å². The van der Waals surface area contributed by atoms with E-state index in [9.17, 15) is 0 Å². The van der Waals surface area contributed by atoms with Gasteiger partial charge in [-0.25, -0.2) is 9.67 Å². The average Bonchev–Trinajstić information content (AvgIpc) is 2.71. The summed E-state index contributed by atoms with van der Waals surface area (Å²) in [6.07, 6.45) is 0. The summed E-state index contributed by atoms with van der Waals surface area (Å²) in [6, 6.07) is 5.61. The van der Waals surface area contributed by atoms with Gasteiger partial charge in [0.25, 0.3) is 0 Å². The minimum atomic E-state index is 0.300. The molecule has 0 fully saturated rings. The molecule has 5 nitrogen and oxygen atoms in total. The molecule has 0 bridgehead atoms. The molecule has 0 saturated carbocycles. The van der Waals surface area contributed by atoms with Crippen LogP contribution in [0.3, 0.4) is 0 Å². The van der Waals surface area contributed by atoms with E-state index < -0.39 is 0 Å². The van der Waals surface area contributed by atoms with Crippen LogP contribution in [0.2, 0.25) is 0 Å². The summed E-state index contributed by atoms with van der Waals surface area (Å²) in [5, 5.41) is 4.41. The molecule has 2 aromatic rings. The van der Waals surface area contributed by atoms with E-state index in [4.69, 9.17) is 10.5 Å². The van der Waals surface area contributed by atoms with Crippen molar-refractivity contribution in [3.8, 4) is 11.4 Å². The number of nitrogens with zero attached hydrogens (tertiary/aromatic N) is 3. The molecule has 0 aliphatic heterocycles. The van der Waals surface area contributed by atoms with Crippen LogP contribution in [0.1, 0.15) is 31.4 Å². The van der Waals surface area contributed by atoms with Crippen molar-refractivity contribution in [3.05, 3.63) is 29.8 Å². The number of nitrogen functional groups attached to an aromatic ring is 1. The lowest BCUT2D eigenvalue weighted by atomic mass is 10.2. The molecule has 0 unspecified atom stereocenters. The van der Waals surface area contributed by atoms with Crippen LogP contribution in [-0.4, -0.2) is 21.9 Å². The van der Waals surface area contributed by atoms with Gasteiger partial charge in [0.15, 0.2) is 0 Å². The van der Waals surface area contributed by atoms with Crippen molar-refractivity contribution in [2.45, 2.75) is 26.7 Å². The first-order chi connectivity index (χ1) is 8.52. The van der Waals surface area contributed by atoms with E-state index in [1.54, 1.807) is 7.11 Å². The van der Waals surface area contributed by atoms with Crippen LogP contribution in [-0.2, 0) is 0 Å². The van der Waals surface area contributed by atoms with Crippen LogP contribution in [0.15, 0.2) is 18.2 Å². The van der Waals surface area contributed by atoms with E-state index in [0.29, 0.717) is 17.4 Å². The molecule has 0 aliphatic rings. The fraction of sp³-hybridized carbons (Fsp3) is 0.385. The Morgan fingerprint density at radius 1 is 1.33 bits per heavy atom. The minimum Gasteiger partial charge on any atom is -0.495 e. The van der Waals surface area contributed by atoms with Crippen LogP contribution in [0.4, 0.5) is 5.69 Å². The third-order valence-corrected chi connectivity index (χ3v) is 2.71. The Hall–Kier alpha value is -2.04. The zero-order valence-electron chi connectivity index (χ0n) is 11.1. The van der Waals surface area contributed by atoms with Crippen molar-refractivity contribution >= 4 is 5.69 Å². The standard InChI is InChI=1S/C13H18N4O/c1-8(2)13-15-9(3)16-17(13)10-5-6-12(18-4)11(14)7-10/h5-8H,14H2,1-4H3. The van der Waals surface area contributed by atoms with Gasteiger partial charge in [0.1, 0.15) is 17.4 Å². The largest absolute Gasteiger partial charge is 0.495 e. The summed E-state index contributed by atoms with van der Waals surface area (Å²) in [6.45, 7) is 6.06. The van der Waals surface area contributed by atoms with E-state index >= 15 is 0 Å². The molecule has 0 radical (unpaired) electrons. The summed E-state index contributed by atoms with van der Waals surface area (Å²) in [5.41, 5.74) is 7.41. The van der Waals surface area contributed by atoms with E-state index in [1.165, 1.54) is 0 Å². The van der Waals surface area contributed by atoms with Gasteiger partial charge >= 0.3 is 0 Å². The molecule has 96 valence electrons. The first kappa shape index (κ1) is 12.4. The Kier molecular flexibility index (Phi) is 3.23. The van der Waals surface area contributed by atoms with Gasteiger partial charge in [-0.05, 0) is 25.1 Å². The van der Waals surface area contributed by atoms with Gasteiger partial charge in [0.05, 0.1) is 18.5 Å². The SMILES string of the molecule is COc1ccc(-n2nc(C)nc2C(C)C)cc1N. The Balaban J connectivity index is 2.51. The van der Waals surface area contributed by atoms with Gasteiger partial charge in [-0.3, -0.25) is 0 Å². The topological polar surface area (TPSA) is 66.0 Å². The van der Waals surface area contributed by atoms with Crippen molar-refractivity contribution in [3.63, 3.8) is 0 Å². The minimum absolute atomic E-state index is 0.300. The maximum absolute atomic E-state index is 5.92. The molecular weight excluding hydrogens is 228 g/mol. The van der Waals surface area contributed by atoms with Crippen molar-refractivity contribution in [1.82, 2.24) is 14.8 Å². The monoisotopic (exact) mass is 246 g/mol. The molecule has 0 aliphatic carbocycles. The average molecular weight is 246 g/mol. The molecule has 2 N–H and O–H groups in total. The molecule has 1 aromatic heterocycles. The van der Waals surface area contributed by atoms with Gasteiger partial charge in [0, 0.05) is 5.92 Å². The van der Waals surface area contributed by atoms with Crippen LogP contribution < -0.4 is 10.5 Å². The summed E-state index contributed by atoms with van der Waals surface area (Å²) in [4.78, 5) is 4.44. The smallest absolute Gasteiger partial charge is 0.148 e. The summed E-state index contributed by atoms with van der Waals surface area (Å²) < 4.78 is 6.98. The highest BCUT2D eigenvalue weighted by atomic mass is 16.5. The number of benzene rings is 1. The number of methoxy groups -OCH3 is 1. The Morgan fingerprint density at radius 3 is 2.61 bits per heavy atom. The Bertz CT molecular complexity index is 560. The number of anilines is 1. The maximum atomic E-state index is 5.92. The highest BCUT2D eigenvalue weighted by molar-refractivity contribution is 5.58. The maximum Gasteiger partial charge on any atom is 0.148 e. The zero-order chi connectivity index (χ0) is 13.3. The summed E-state index contributed by atoms with van der Waals surface area (Å²) in [7, 11) is 1.60. The number of aryl methyl sites for hydroxylation is 1. The molecule has 1 heterocycles. The van der Waals surface area contributed by atoms with Crippen LogP contribution >= 0.6 is 0 Å². The predicted molar refractivity (Wildman–Crippen MR) is 71.1 cm³/mol. The second-order valence-corrected chi connectivity index (χ2v) is 4.51. The fourth-order valence-electron chi connectivity index (χ4n) is 1.85. The van der Waals surface area contributed by atoms with Crippen molar-refractivity contribution in [2.24, 2.45) is 0 Å². The van der Waals surface area contributed by atoms with Crippen LogP contribution in [0.25, 0.3) is 5.69 Å². The highest BCUT2D eigenvalue weighted by Gasteiger charge is 2.13. The molecule has 18 heavy (non-hydrogen) atoms. The molecule has 5 heteroatoms. The molecule has 2 rings (SSSR count). The zero-order valence-corrected chi connectivity index (χ0v) is 11.1. The van der Waals surface area contributed by atoms with Gasteiger partial charge in [-0.2, -0.15) is 5.10 Å². The number of nitrogens with two attached hydrogens (primary N) is 1. The third kappa shape index (κ3) is 2.16. The predicted octanol–water partition coefficient (Wildman–Crippen LogP) is 2.29. The van der Waals surface area contributed by atoms with E-state index in [-0.39, 0.29) is 0 Å². The molecule has 0 amide bonds. The van der Waals surface area contributed by atoms with E-state index in [0.717, 1.165) is 17.3 Å². The summed E-state index contributed by atoms with van der Waals surface area (Å²) >= 11 is 0. The first-order valence-corrected chi connectivity index (χ1v) is 5.90. The van der Waals surface area contributed by atoms with Gasteiger partial charge in [-0.1, -0.05) is 13.8 Å². The second kappa shape index (κ2) is 4.68. The number of aromatic nitrogens is 3. The van der Waals surface area contributed by atoms with Gasteiger partial charge < -0.3 is 10.5 Å². The summed E-state index contributed by atoms with van der Waals surface area (Å²) in [5.74, 6) is 2.65. The highest BCUT2D eigenvalue weighted by Crippen LogP contribution is 2.25. The van der Waals surface area contributed by atoms with Crippen molar-refractivity contribution < 1.29 is 4.74 Å². The molecule has 0 spiro atoms. The first-order valence-electron chi connectivity index (χ1n) is 5.90. The number of rotatable bonds is 3. The van der Waals surface area contributed by atoms with E-state index in [1.807, 2.05) is 29.8 Å². The molecular formula is C13H18N4O. The second-order valence-electron chi connectivity index (χ2n) is 4.51. The number of ether oxygens (including phenoxy) is 1. The van der Waals surface area contributed by atoms with E-state index in [2.05, 4.69) is 23.9 Å². The quantitative estimate of drug-likeness (QED) is 0.844. The normalized spacial score (nSPS) is 10.9. The lowest BCUT2D eigenvalue weighted by molar-refractivity contribution is 0.417. The van der Waals surface area contributed by atoms with Crippen LogP contribution in [0, 0.1) is 6.92 Å². The Labute approximate surface area is 107 Å². The number of hydrogen-bond acceptors (Lipinski definition) is 4. The molecule has 1 aromatic carbocycles.